The molecule has 0 radical (unpaired) electrons. The molecule has 0 aromatic heterocycles. The van der Waals surface area contributed by atoms with Gasteiger partial charge in [-0.25, -0.2) is 0 Å². The predicted molar refractivity (Wildman–Crippen MR) is 69.9 cm³/mol. The van der Waals surface area contributed by atoms with Gasteiger partial charge in [0.1, 0.15) is 5.75 Å². The third kappa shape index (κ3) is 3.68. The summed E-state index contributed by atoms with van der Waals surface area (Å²) in [6.07, 6.45) is 2.48. The van der Waals surface area contributed by atoms with Crippen LogP contribution in [0.25, 0.3) is 0 Å². The fourth-order valence-electron chi connectivity index (χ4n) is 1.53. The lowest BCUT2D eigenvalue weighted by atomic mass is 10.2. The number of benzene rings is 1. The summed E-state index contributed by atoms with van der Waals surface area (Å²) >= 11 is 3.29. The number of non-ortho nitro benzene ring substituents is 1. The average molecular weight is 316 g/mol. The maximum Gasteiger partial charge on any atom is 0.270 e. The molecular formula is C12H14BrNO4. The maximum absolute atomic E-state index is 10.6. The number of nitro benzene ring substituents is 1. The Balaban J connectivity index is 1.91. The van der Waals surface area contributed by atoms with E-state index in [2.05, 4.69) is 15.9 Å². The molecule has 0 N–H and O–H groups in total. The summed E-state index contributed by atoms with van der Waals surface area (Å²) in [4.78, 5) is 10.2. The highest BCUT2D eigenvalue weighted by Gasteiger charge is 2.21. The van der Waals surface area contributed by atoms with Crippen LogP contribution in [0.4, 0.5) is 5.69 Å². The molecule has 0 bridgehead atoms. The zero-order valence-electron chi connectivity index (χ0n) is 9.80. The molecule has 1 aromatic rings. The molecule has 1 aliphatic carbocycles. The van der Waals surface area contributed by atoms with Crippen LogP contribution in [0.15, 0.2) is 18.2 Å². The Hall–Kier alpha value is -1.14. The van der Waals surface area contributed by atoms with Crippen LogP contribution in [0.2, 0.25) is 0 Å². The van der Waals surface area contributed by atoms with E-state index in [9.17, 15) is 10.1 Å². The number of alkyl halides is 1. The summed E-state index contributed by atoms with van der Waals surface area (Å²) in [5.74, 6) is 1.31. The van der Waals surface area contributed by atoms with Crippen molar-refractivity contribution in [3.63, 3.8) is 0 Å². The van der Waals surface area contributed by atoms with Gasteiger partial charge in [0.2, 0.25) is 0 Å². The normalized spacial score (nSPS) is 14.5. The molecule has 6 heteroatoms. The van der Waals surface area contributed by atoms with E-state index in [0.717, 1.165) is 12.2 Å². The second-order valence-corrected chi connectivity index (χ2v) is 4.82. The van der Waals surface area contributed by atoms with Crippen molar-refractivity contribution in [1.82, 2.24) is 0 Å². The topological polar surface area (TPSA) is 61.6 Å². The number of rotatable bonds is 7. The summed E-state index contributed by atoms with van der Waals surface area (Å²) in [6, 6.07) is 4.54. The van der Waals surface area contributed by atoms with Crippen molar-refractivity contribution in [2.75, 3.05) is 13.4 Å². The number of hydrogen-bond acceptors (Lipinski definition) is 4. The van der Waals surface area contributed by atoms with Crippen LogP contribution in [-0.4, -0.2) is 18.3 Å². The Labute approximate surface area is 113 Å². The molecule has 2 rings (SSSR count). The number of halogens is 1. The molecular weight excluding hydrogens is 302 g/mol. The number of nitrogens with zero attached hydrogens (tertiary/aromatic N) is 1. The van der Waals surface area contributed by atoms with Crippen LogP contribution in [-0.2, 0) is 10.1 Å². The van der Waals surface area contributed by atoms with Crippen molar-refractivity contribution in [2.24, 2.45) is 5.92 Å². The lowest BCUT2D eigenvalue weighted by molar-refractivity contribution is -0.384. The minimum absolute atomic E-state index is 0.0655. The first-order valence-electron chi connectivity index (χ1n) is 5.74. The Morgan fingerprint density at radius 1 is 1.44 bits per heavy atom. The quantitative estimate of drug-likeness (QED) is 0.255. The highest BCUT2D eigenvalue weighted by molar-refractivity contribution is 9.08. The van der Waals surface area contributed by atoms with E-state index in [1.165, 1.54) is 25.0 Å². The average Bonchev–Trinajstić information content (AvgIpc) is 3.18. The second kappa shape index (κ2) is 6.15. The SMILES string of the molecule is O=[N+]([O-])c1ccc(OCOCC2CC2)c(CBr)c1. The minimum atomic E-state index is -0.417. The van der Waals surface area contributed by atoms with Crippen LogP contribution in [0.1, 0.15) is 18.4 Å². The first-order valence-corrected chi connectivity index (χ1v) is 6.86. The van der Waals surface area contributed by atoms with Crippen LogP contribution in [0, 0.1) is 16.0 Å². The molecule has 1 saturated carbocycles. The van der Waals surface area contributed by atoms with Crippen molar-refractivity contribution in [1.29, 1.82) is 0 Å². The third-order valence-electron chi connectivity index (χ3n) is 2.75. The van der Waals surface area contributed by atoms with Crippen LogP contribution < -0.4 is 4.74 Å². The standard InChI is InChI=1S/C12H14BrNO4/c13-6-10-5-11(14(15)16)3-4-12(10)18-8-17-7-9-1-2-9/h3-5,9H,1-2,6-8H2. The van der Waals surface area contributed by atoms with Gasteiger partial charge in [-0.3, -0.25) is 10.1 Å². The van der Waals surface area contributed by atoms with E-state index in [-0.39, 0.29) is 12.5 Å². The van der Waals surface area contributed by atoms with E-state index in [0.29, 0.717) is 17.0 Å². The van der Waals surface area contributed by atoms with Crippen molar-refractivity contribution in [2.45, 2.75) is 18.2 Å². The van der Waals surface area contributed by atoms with Gasteiger partial charge in [-0.2, -0.15) is 0 Å². The highest BCUT2D eigenvalue weighted by atomic mass is 79.9. The van der Waals surface area contributed by atoms with E-state index >= 15 is 0 Å². The van der Waals surface area contributed by atoms with Crippen LogP contribution in [0.5, 0.6) is 5.75 Å². The van der Waals surface area contributed by atoms with Gasteiger partial charge >= 0.3 is 0 Å². The Bertz CT molecular complexity index is 434. The lowest BCUT2D eigenvalue weighted by Crippen LogP contribution is -2.06. The molecule has 0 atom stereocenters. The van der Waals surface area contributed by atoms with Gasteiger partial charge in [0.25, 0.3) is 5.69 Å². The van der Waals surface area contributed by atoms with Gasteiger partial charge in [-0.15, -0.1) is 0 Å². The van der Waals surface area contributed by atoms with E-state index in [4.69, 9.17) is 9.47 Å². The Kier molecular flexibility index (Phi) is 4.54. The Morgan fingerprint density at radius 2 is 2.22 bits per heavy atom. The van der Waals surface area contributed by atoms with Gasteiger partial charge in [-0.1, -0.05) is 15.9 Å². The number of hydrogen-bond donors (Lipinski definition) is 0. The predicted octanol–water partition coefficient (Wildman–Crippen LogP) is 3.25. The molecule has 0 heterocycles. The molecule has 1 fully saturated rings. The maximum atomic E-state index is 10.6. The first-order chi connectivity index (χ1) is 8.70. The van der Waals surface area contributed by atoms with Gasteiger partial charge in [0.15, 0.2) is 6.79 Å². The van der Waals surface area contributed by atoms with Crippen molar-refractivity contribution in [3.8, 4) is 5.75 Å². The smallest absolute Gasteiger partial charge is 0.270 e. The largest absolute Gasteiger partial charge is 0.467 e. The molecule has 1 aliphatic rings. The van der Waals surface area contributed by atoms with Gasteiger partial charge in [0, 0.05) is 23.0 Å². The van der Waals surface area contributed by atoms with Crippen LogP contribution >= 0.6 is 15.9 Å². The molecule has 98 valence electrons. The fraction of sp³-hybridized carbons (Fsp3) is 0.500. The van der Waals surface area contributed by atoms with Gasteiger partial charge < -0.3 is 9.47 Å². The molecule has 1 aromatic carbocycles. The summed E-state index contributed by atoms with van der Waals surface area (Å²) in [5, 5.41) is 11.2. The van der Waals surface area contributed by atoms with Crippen molar-refractivity contribution >= 4 is 21.6 Å². The second-order valence-electron chi connectivity index (χ2n) is 4.26. The molecule has 0 saturated heterocycles. The monoisotopic (exact) mass is 315 g/mol. The molecule has 5 nitrogen and oxygen atoms in total. The molecule has 0 aliphatic heterocycles. The minimum Gasteiger partial charge on any atom is -0.467 e. The number of ether oxygens (including phenoxy) is 2. The zero-order chi connectivity index (χ0) is 13.0. The van der Waals surface area contributed by atoms with E-state index < -0.39 is 4.92 Å². The number of nitro groups is 1. The lowest BCUT2D eigenvalue weighted by Gasteiger charge is -2.10. The molecule has 0 unspecified atom stereocenters. The van der Waals surface area contributed by atoms with Crippen LogP contribution in [0.3, 0.4) is 0 Å². The summed E-state index contributed by atoms with van der Waals surface area (Å²) in [6.45, 7) is 0.922. The molecule has 0 spiro atoms. The molecule has 18 heavy (non-hydrogen) atoms. The molecule has 0 amide bonds. The van der Waals surface area contributed by atoms with Gasteiger partial charge in [-0.05, 0) is 24.8 Å². The zero-order valence-corrected chi connectivity index (χ0v) is 11.4. The van der Waals surface area contributed by atoms with E-state index in [1.807, 2.05) is 0 Å². The highest BCUT2D eigenvalue weighted by Crippen LogP contribution is 2.29. The third-order valence-corrected chi connectivity index (χ3v) is 3.35. The van der Waals surface area contributed by atoms with Crippen molar-refractivity contribution in [3.05, 3.63) is 33.9 Å². The van der Waals surface area contributed by atoms with Gasteiger partial charge in [0.05, 0.1) is 11.5 Å². The van der Waals surface area contributed by atoms with E-state index in [1.54, 1.807) is 6.07 Å². The fourth-order valence-corrected chi connectivity index (χ4v) is 1.97. The summed E-state index contributed by atoms with van der Waals surface area (Å²) < 4.78 is 10.8. The Morgan fingerprint density at radius 3 is 2.83 bits per heavy atom. The first kappa shape index (κ1) is 13.3. The summed E-state index contributed by atoms with van der Waals surface area (Å²) in [7, 11) is 0. The summed E-state index contributed by atoms with van der Waals surface area (Å²) in [5.41, 5.74) is 0.815. The van der Waals surface area contributed by atoms with Crippen molar-refractivity contribution < 1.29 is 14.4 Å².